The van der Waals surface area contributed by atoms with Crippen LogP contribution < -0.4 is 4.80 Å². The van der Waals surface area contributed by atoms with E-state index in [-0.39, 0.29) is 5.69 Å². The van der Waals surface area contributed by atoms with Gasteiger partial charge < -0.3 is 8.98 Å². The molecule has 0 bridgehead atoms. The number of thiazole rings is 1. The summed E-state index contributed by atoms with van der Waals surface area (Å²) < 4.78 is 7.53. The van der Waals surface area contributed by atoms with Crippen LogP contribution in [0.15, 0.2) is 93.0 Å². The number of non-ortho nitro benzene ring substituents is 1. The van der Waals surface area contributed by atoms with E-state index in [4.69, 9.17) is 4.42 Å². The van der Waals surface area contributed by atoms with Crippen LogP contribution in [0.3, 0.4) is 0 Å². The topological polar surface area (TPSA) is 85.9 Å². The lowest BCUT2D eigenvalue weighted by molar-refractivity contribution is -0.384. The molecular weight excluding hydrogens is 388 g/mol. The summed E-state index contributed by atoms with van der Waals surface area (Å²) in [6.07, 6.45) is 3.15. The molecule has 7 nitrogen and oxygen atoms in total. The summed E-state index contributed by atoms with van der Waals surface area (Å²) in [5.74, 6) is 0.810. The lowest BCUT2D eigenvalue weighted by Gasteiger charge is -2.07. The summed E-state index contributed by atoms with van der Waals surface area (Å²) in [4.78, 5) is 11.2. The molecule has 0 unspecified atom stereocenters. The van der Waals surface area contributed by atoms with Crippen LogP contribution in [0, 0.1) is 10.1 Å². The highest BCUT2D eigenvalue weighted by Crippen LogP contribution is 2.21. The largest absolute Gasteiger partial charge is 0.467 e. The first-order valence-electron chi connectivity index (χ1n) is 8.78. The lowest BCUT2D eigenvalue weighted by atomic mass is 10.2. The van der Waals surface area contributed by atoms with Gasteiger partial charge in [-0.05, 0) is 17.7 Å². The molecule has 4 rings (SSSR count). The van der Waals surface area contributed by atoms with Gasteiger partial charge in [0.2, 0.25) is 4.80 Å². The monoisotopic (exact) mass is 404 g/mol. The normalized spacial score (nSPS) is 11.9. The van der Waals surface area contributed by atoms with Gasteiger partial charge in [0.15, 0.2) is 0 Å². The molecule has 29 heavy (non-hydrogen) atoms. The van der Waals surface area contributed by atoms with Gasteiger partial charge in [-0.2, -0.15) is 5.10 Å². The van der Waals surface area contributed by atoms with E-state index in [9.17, 15) is 10.1 Å². The van der Waals surface area contributed by atoms with Crippen LogP contribution >= 0.6 is 11.3 Å². The van der Waals surface area contributed by atoms with Gasteiger partial charge in [0, 0.05) is 23.1 Å². The summed E-state index contributed by atoms with van der Waals surface area (Å²) in [6, 6.07) is 20.0. The molecule has 0 N–H and O–H groups in total. The van der Waals surface area contributed by atoms with Crippen molar-refractivity contribution >= 4 is 23.2 Å². The Hall–Kier alpha value is -3.78. The Kier molecular flexibility index (Phi) is 5.44. The zero-order chi connectivity index (χ0) is 20.1. The second-order valence-corrected chi connectivity index (χ2v) is 6.97. The summed E-state index contributed by atoms with van der Waals surface area (Å²) in [7, 11) is 0. The number of furan rings is 1. The number of hydrogen-bond donors (Lipinski definition) is 0. The Morgan fingerprint density at radius 2 is 1.97 bits per heavy atom. The molecule has 4 aromatic rings. The predicted octanol–water partition coefficient (Wildman–Crippen LogP) is 4.70. The summed E-state index contributed by atoms with van der Waals surface area (Å²) >= 11 is 1.47. The number of aromatic nitrogens is 1. The molecule has 0 spiro atoms. The van der Waals surface area contributed by atoms with Gasteiger partial charge in [-0.25, -0.2) is 0 Å². The summed E-state index contributed by atoms with van der Waals surface area (Å²) in [6.45, 7) is 0.520. The van der Waals surface area contributed by atoms with E-state index in [0.717, 1.165) is 17.0 Å². The Bertz CT molecular complexity index is 1210. The van der Waals surface area contributed by atoms with Crippen LogP contribution in [0.1, 0.15) is 11.3 Å². The van der Waals surface area contributed by atoms with E-state index >= 15 is 0 Å². The molecule has 0 fully saturated rings. The maximum atomic E-state index is 10.9. The van der Waals surface area contributed by atoms with E-state index in [2.05, 4.69) is 10.2 Å². The molecule has 2 heterocycles. The lowest BCUT2D eigenvalue weighted by Crippen LogP contribution is -2.16. The molecule has 0 aliphatic carbocycles. The highest BCUT2D eigenvalue weighted by atomic mass is 32.1. The molecule has 0 saturated heterocycles. The van der Waals surface area contributed by atoms with Gasteiger partial charge in [0.05, 0.1) is 29.6 Å². The first kappa shape index (κ1) is 18.6. The average Bonchev–Trinajstić information content (AvgIpc) is 3.40. The molecule has 0 saturated carbocycles. The Balaban J connectivity index is 1.70. The fourth-order valence-corrected chi connectivity index (χ4v) is 3.69. The van der Waals surface area contributed by atoms with Crippen molar-refractivity contribution in [1.82, 2.24) is 4.57 Å². The number of hydrogen-bond acceptors (Lipinski definition) is 6. The number of nitro benzene ring substituents is 1. The number of nitrogens with zero attached hydrogens (tertiary/aromatic N) is 4. The van der Waals surface area contributed by atoms with Crippen LogP contribution in [0.2, 0.25) is 0 Å². The van der Waals surface area contributed by atoms with Crippen LogP contribution in [0.5, 0.6) is 0 Å². The van der Waals surface area contributed by atoms with E-state index in [0.29, 0.717) is 16.9 Å². The second kappa shape index (κ2) is 8.49. The van der Waals surface area contributed by atoms with Gasteiger partial charge in [0.25, 0.3) is 5.69 Å². The number of nitro groups is 1. The minimum Gasteiger partial charge on any atom is -0.467 e. The van der Waals surface area contributed by atoms with Gasteiger partial charge in [-0.15, -0.1) is 16.4 Å². The molecule has 2 aromatic carbocycles. The van der Waals surface area contributed by atoms with Gasteiger partial charge in [0.1, 0.15) is 5.76 Å². The van der Waals surface area contributed by atoms with Crippen LogP contribution in [0.25, 0.3) is 11.3 Å². The minimum absolute atomic E-state index is 0.0179. The third kappa shape index (κ3) is 4.39. The first-order chi connectivity index (χ1) is 14.2. The zero-order valence-electron chi connectivity index (χ0n) is 15.2. The van der Waals surface area contributed by atoms with Crippen molar-refractivity contribution in [3.63, 3.8) is 0 Å². The highest BCUT2D eigenvalue weighted by Gasteiger charge is 2.10. The smallest absolute Gasteiger partial charge is 0.270 e. The minimum atomic E-state index is -0.433. The Labute approximate surface area is 170 Å². The van der Waals surface area contributed by atoms with E-state index < -0.39 is 4.92 Å². The molecule has 0 atom stereocenters. The van der Waals surface area contributed by atoms with Crippen LogP contribution in [-0.4, -0.2) is 15.7 Å². The van der Waals surface area contributed by atoms with E-state index in [1.54, 1.807) is 18.4 Å². The number of benzene rings is 2. The fraction of sp³-hybridized carbons (Fsp3) is 0.0476. The summed E-state index contributed by atoms with van der Waals surface area (Å²) in [5.41, 5.74) is 2.71. The van der Waals surface area contributed by atoms with Crippen LogP contribution in [0.4, 0.5) is 5.69 Å². The SMILES string of the molecule is O=[N+]([O-])c1cccc(/C=N/N=c2\scc(-c3ccccc3)n2Cc2ccco2)c1. The quantitative estimate of drug-likeness (QED) is 0.265. The van der Waals surface area contributed by atoms with Gasteiger partial charge >= 0.3 is 0 Å². The predicted molar refractivity (Wildman–Crippen MR) is 112 cm³/mol. The van der Waals surface area contributed by atoms with E-state index in [1.165, 1.54) is 29.7 Å². The third-order valence-corrected chi connectivity index (χ3v) is 5.05. The van der Waals surface area contributed by atoms with Crippen molar-refractivity contribution in [2.75, 3.05) is 0 Å². The third-order valence-electron chi connectivity index (χ3n) is 4.19. The number of rotatable bonds is 6. The average molecular weight is 404 g/mol. The molecule has 0 aliphatic rings. The van der Waals surface area contributed by atoms with Crippen molar-refractivity contribution in [3.8, 4) is 11.3 Å². The Morgan fingerprint density at radius 1 is 1.10 bits per heavy atom. The molecule has 8 heteroatoms. The zero-order valence-corrected chi connectivity index (χ0v) is 16.0. The molecule has 0 radical (unpaired) electrons. The fourth-order valence-electron chi connectivity index (χ4n) is 2.82. The molecule has 0 aliphatic heterocycles. The van der Waals surface area contributed by atoms with Crippen molar-refractivity contribution < 1.29 is 9.34 Å². The van der Waals surface area contributed by atoms with Crippen molar-refractivity contribution in [1.29, 1.82) is 0 Å². The Morgan fingerprint density at radius 3 is 2.72 bits per heavy atom. The summed E-state index contributed by atoms with van der Waals surface area (Å²) in [5, 5.41) is 21.4. The van der Waals surface area contributed by atoms with Crippen molar-refractivity contribution in [3.05, 3.63) is 105 Å². The van der Waals surface area contributed by atoms with Crippen LogP contribution in [-0.2, 0) is 6.54 Å². The maximum absolute atomic E-state index is 10.9. The molecule has 144 valence electrons. The first-order valence-corrected chi connectivity index (χ1v) is 9.66. The van der Waals surface area contributed by atoms with E-state index in [1.807, 2.05) is 52.4 Å². The molecular formula is C21H16N4O3S. The molecule has 2 aromatic heterocycles. The van der Waals surface area contributed by atoms with Gasteiger partial charge in [-0.3, -0.25) is 10.1 Å². The van der Waals surface area contributed by atoms with Gasteiger partial charge in [-0.1, -0.05) is 42.5 Å². The standard InChI is InChI=1S/C21H16N4O3S/c26-25(27)18-9-4-6-16(12-18)13-22-23-21-24(14-19-10-5-11-28-19)20(15-29-21)17-7-2-1-3-8-17/h1-13,15H,14H2/b22-13+,23-21-. The van der Waals surface area contributed by atoms with Crippen molar-refractivity contribution in [2.45, 2.75) is 6.54 Å². The van der Waals surface area contributed by atoms with Crippen molar-refractivity contribution in [2.24, 2.45) is 10.2 Å². The molecule has 0 amide bonds. The second-order valence-electron chi connectivity index (χ2n) is 6.13. The maximum Gasteiger partial charge on any atom is 0.270 e. The highest BCUT2D eigenvalue weighted by molar-refractivity contribution is 7.07.